The number of rotatable bonds is 10. The minimum Gasteiger partial charge on any atom is -0.462 e. The van der Waals surface area contributed by atoms with E-state index in [-0.39, 0.29) is 24.4 Å². The summed E-state index contributed by atoms with van der Waals surface area (Å²) in [6.45, 7) is 6.79. The van der Waals surface area contributed by atoms with E-state index in [2.05, 4.69) is 0 Å². The Bertz CT molecular complexity index is 868. The minimum atomic E-state index is -0.705. The lowest BCUT2D eigenvalue weighted by atomic mass is 9.96. The van der Waals surface area contributed by atoms with Gasteiger partial charge in [-0.05, 0) is 20.8 Å². The van der Waals surface area contributed by atoms with Gasteiger partial charge in [0.1, 0.15) is 5.57 Å². The predicted molar refractivity (Wildman–Crippen MR) is 113 cm³/mol. The second-order valence-corrected chi connectivity index (χ2v) is 6.38. The molecule has 2 aromatic carbocycles. The highest BCUT2D eigenvalue weighted by Gasteiger charge is 2.29. The van der Waals surface area contributed by atoms with Crippen LogP contribution in [-0.2, 0) is 9.53 Å². The third-order valence-electron chi connectivity index (χ3n) is 4.60. The van der Waals surface area contributed by atoms with E-state index in [9.17, 15) is 14.4 Å². The quantitative estimate of drug-likeness (QED) is 0.198. The van der Waals surface area contributed by atoms with Crippen molar-refractivity contribution in [3.8, 4) is 0 Å². The zero-order valence-corrected chi connectivity index (χ0v) is 17.2. The van der Waals surface area contributed by atoms with Crippen LogP contribution in [0.5, 0.6) is 0 Å². The molecule has 0 radical (unpaired) electrons. The SMILES string of the molecule is CCOC(=O)/C(C(=O)c1ccccc1)=C(/CC(=O)c1ccccc1)N(CC)CC. The van der Waals surface area contributed by atoms with Crippen molar-refractivity contribution in [2.45, 2.75) is 27.2 Å². The fraction of sp³-hybridized carbons (Fsp3) is 0.292. The molecule has 0 spiro atoms. The molecule has 0 aliphatic rings. The maximum Gasteiger partial charge on any atom is 0.343 e. The van der Waals surface area contributed by atoms with Crippen LogP contribution in [0.15, 0.2) is 71.9 Å². The van der Waals surface area contributed by atoms with Gasteiger partial charge < -0.3 is 9.64 Å². The first-order valence-electron chi connectivity index (χ1n) is 9.86. The second kappa shape index (κ2) is 11.0. The number of esters is 1. The van der Waals surface area contributed by atoms with Crippen LogP contribution in [-0.4, -0.2) is 42.1 Å². The van der Waals surface area contributed by atoms with Gasteiger partial charge in [0.15, 0.2) is 5.78 Å². The van der Waals surface area contributed by atoms with Gasteiger partial charge in [-0.25, -0.2) is 4.79 Å². The number of allylic oxidation sites excluding steroid dienone is 1. The average Bonchev–Trinajstić information content (AvgIpc) is 2.76. The topological polar surface area (TPSA) is 63.7 Å². The lowest BCUT2D eigenvalue weighted by Gasteiger charge is -2.26. The lowest BCUT2D eigenvalue weighted by molar-refractivity contribution is -0.138. The zero-order chi connectivity index (χ0) is 21.2. The van der Waals surface area contributed by atoms with E-state index >= 15 is 0 Å². The molecule has 0 aliphatic carbocycles. The summed E-state index contributed by atoms with van der Waals surface area (Å²) in [6, 6.07) is 17.4. The molecular formula is C24H27NO4. The number of hydrogen-bond donors (Lipinski definition) is 0. The highest BCUT2D eigenvalue weighted by molar-refractivity contribution is 6.25. The molecular weight excluding hydrogens is 366 g/mol. The molecule has 2 rings (SSSR count). The van der Waals surface area contributed by atoms with E-state index in [4.69, 9.17) is 4.74 Å². The van der Waals surface area contributed by atoms with Crippen LogP contribution in [0.3, 0.4) is 0 Å². The van der Waals surface area contributed by atoms with Gasteiger partial charge in [-0.3, -0.25) is 9.59 Å². The van der Waals surface area contributed by atoms with Crippen molar-refractivity contribution < 1.29 is 19.1 Å². The summed E-state index contributed by atoms with van der Waals surface area (Å²) in [6.07, 6.45) is -0.0571. The fourth-order valence-electron chi connectivity index (χ4n) is 3.12. The van der Waals surface area contributed by atoms with Crippen LogP contribution in [0.2, 0.25) is 0 Å². The van der Waals surface area contributed by atoms with E-state index in [1.165, 1.54) is 0 Å². The fourth-order valence-corrected chi connectivity index (χ4v) is 3.12. The molecule has 29 heavy (non-hydrogen) atoms. The number of carbonyl (C=O) groups is 3. The number of carbonyl (C=O) groups excluding carboxylic acids is 3. The number of benzene rings is 2. The van der Waals surface area contributed by atoms with Crippen LogP contribution < -0.4 is 0 Å². The van der Waals surface area contributed by atoms with Gasteiger partial charge in [-0.1, -0.05) is 60.7 Å². The molecule has 0 N–H and O–H groups in total. The van der Waals surface area contributed by atoms with Crippen LogP contribution >= 0.6 is 0 Å². The lowest BCUT2D eigenvalue weighted by Crippen LogP contribution is -2.30. The third kappa shape index (κ3) is 5.64. The van der Waals surface area contributed by atoms with E-state index in [0.717, 1.165) is 0 Å². The number of Topliss-reactive ketones (excluding diaryl/α,β-unsaturated/α-hetero) is 2. The summed E-state index contributed by atoms with van der Waals surface area (Å²) in [5.41, 5.74) is 1.24. The molecule has 5 nitrogen and oxygen atoms in total. The van der Waals surface area contributed by atoms with Gasteiger partial charge in [0.05, 0.1) is 13.0 Å². The van der Waals surface area contributed by atoms with Gasteiger partial charge in [0.25, 0.3) is 0 Å². The number of ether oxygens (including phenoxy) is 1. The highest BCUT2D eigenvalue weighted by atomic mass is 16.5. The molecule has 2 aromatic rings. The molecule has 0 bridgehead atoms. The van der Waals surface area contributed by atoms with Crippen molar-refractivity contribution in [3.05, 3.63) is 83.1 Å². The number of hydrogen-bond acceptors (Lipinski definition) is 5. The molecule has 152 valence electrons. The first-order chi connectivity index (χ1) is 14.0. The Balaban J connectivity index is 2.60. The zero-order valence-electron chi connectivity index (χ0n) is 17.2. The van der Waals surface area contributed by atoms with Gasteiger partial charge in [-0.15, -0.1) is 0 Å². The summed E-state index contributed by atoms with van der Waals surface area (Å²) in [7, 11) is 0. The summed E-state index contributed by atoms with van der Waals surface area (Å²) in [5, 5.41) is 0. The van der Waals surface area contributed by atoms with Crippen LogP contribution in [0, 0.1) is 0 Å². The van der Waals surface area contributed by atoms with Crippen LogP contribution in [0.4, 0.5) is 0 Å². The summed E-state index contributed by atoms with van der Waals surface area (Å²) >= 11 is 0. The van der Waals surface area contributed by atoms with Crippen LogP contribution in [0.25, 0.3) is 0 Å². The molecule has 0 aliphatic heterocycles. The molecule has 0 aromatic heterocycles. The molecule has 0 amide bonds. The Kier molecular flexibility index (Phi) is 8.34. The summed E-state index contributed by atoms with van der Waals surface area (Å²) < 4.78 is 5.20. The molecule has 0 atom stereocenters. The number of nitrogens with zero attached hydrogens (tertiary/aromatic N) is 1. The van der Waals surface area contributed by atoms with Gasteiger partial charge in [-0.2, -0.15) is 0 Å². The van der Waals surface area contributed by atoms with E-state index in [0.29, 0.717) is 29.9 Å². The summed E-state index contributed by atoms with van der Waals surface area (Å²) in [4.78, 5) is 40.9. The standard InChI is InChI=1S/C24H27NO4/c1-4-25(5-2)20(17-21(26)18-13-9-7-10-14-18)22(24(28)29-6-3)23(27)19-15-11-8-12-16-19/h7-16H,4-6,17H2,1-3H3/b22-20-. The van der Waals surface area contributed by atoms with Crippen molar-refractivity contribution in [1.29, 1.82) is 0 Å². The van der Waals surface area contributed by atoms with Crippen molar-refractivity contribution in [1.82, 2.24) is 4.90 Å². The minimum absolute atomic E-state index is 0.0571. The van der Waals surface area contributed by atoms with Crippen molar-refractivity contribution in [3.63, 3.8) is 0 Å². The Hall–Kier alpha value is -3.21. The molecule has 0 saturated carbocycles. The molecule has 0 heterocycles. The molecule has 0 fully saturated rings. The normalized spacial score (nSPS) is 11.4. The van der Waals surface area contributed by atoms with Crippen LogP contribution in [0.1, 0.15) is 47.9 Å². The predicted octanol–water partition coefficient (Wildman–Crippen LogP) is 4.30. The van der Waals surface area contributed by atoms with Crippen molar-refractivity contribution in [2.75, 3.05) is 19.7 Å². The molecule has 5 heteroatoms. The average molecular weight is 393 g/mol. The van der Waals surface area contributed by atoms with E-state index < -0.39 is 11.8 Å². The van der Waals surface area contributed by atoms with Crippen molar-refractivity contribution in [2.24, 2.45) is 0 Å². The van der Waals surface area contributed by atoms with Gasteiger partial charge in [0.2, 0.25) is 5.78 Å². The second-order valence-electron chi connectivity index (χ2n) is 6.38. The Morgan fingerprint density at radius 1 is 0.793 bits per heavy atom. The maximum atomic E-state index is 13.3. The van der Waals surface area contributed by atoms with E-state index in [1.807, 2.05) is 24.8 Å². The molecule has 0 unspecified atom stereocenters. The Labute approximate surface area is 172 Å². The largest absolute Gasteiger partial charge is 0.462 e. The maximum absolute atomic E-state index is 13.3. The van der Waals surface area contributed by atoms with E-state index in [1.54, 1.807) is 61.5 Å². The third-order valence-corrected chi connectivity index (χ3v) is 4.60. The highest BCUT2D eigenvalue weighted by Crippen LogP contribution is 2.22. The number of ketones is 2. The first-order valence-corrected chi connectivity index (χ1v) is 9.86. The smallest absolute Gasteiger partial charge is 0.343 e. The van der Waals surface area contributed by atoms with Gasteiger partial charge >= 0.3 is 5.97 Å². The van der Waals surface area contributed by atoms with Crippen molar-refractivity contribution >= 4 is 17.5 Å². The first kappa shape index (κ1) is 22.1. The Morgan fingerprint density at radius 2 is 1.31 bits per heavy atom. The molecule has 0 saturated heterocycles. The van der Waals surface area contributed by atoms with Gasteiger partial charge in [0, 0.05) is 29.9 Å². The Morgan fingerprint density at radius 3 is 1.79 bits per heavy atom. The summed E-state index contributed by atoms with van der Waals surface area (Å²) in [5.74, 6) is -1.30. The monoisotopic (exact) mass is 393 g/mol.